The van der Waals surface area contributed by atoms with Gasteiger partial charge in [-0.1, -0.05) is 11.3 Å². The van der Waals surface area contributed by atoms with Crippen molar-refractivity contribution in [2.24, 2.45) is 4.99 Å². The highest BCUT2D eigenvalue weighted by atomic mass is 32.1. The minimum atomic E-state index is -0.337. The molecule has 0 atom stereocenters. The summed E-state index contributed by atoms with van der Waals surface area (Å²) in [4.78, 5) is 16.5. The SMILES string of the molecule is CCN=c1oc(C)c(C(=O)OCC)s1. The van der Waals surface area contributed by atoms with Gasteiger partial charge in [0.1, 0.15) is 5.76 Å². The molecule has 1 rings (SSSR count). The fourth-order valence-corrected chi connectivity index (χ4v) is 1.80. The monoisotopic (exact) mass is 215 g/mol. The maximum Gasteiger partial charge on any atom is 0.351 e. The second-order valence-corrected chi connectivity index (χ2v) is 3.51. The van der Waals surface area contributed by atoms with Crippen LogP contribution in [0.4, 0.5) is 0 Å². The van der Waals surface area contributed by atoms with Crippen LogP contribution in [-0.2, 0) is 4.74 Å². The molecule has 5 heteroatoms. The number of hydrogen-bond donors (Lipinski definition) is 0. The molecule has 14 heavy (non-hydrogen) atoms. The highest BCUT2D eigenvalue weighted by Crippen LogP contribution is 2.12. The van der Waals surface area contributed by atoms with Crippen LogP contribution in [0.15, 0.2) is 9.41 Å². The summed E-state index contributed by atoms with van der Waals surface area (Å²) in [5.74, 6) is 0.233. The van der Waals surface area contributed by atoms with Crippen molar-refractivity contribution in [2.75, 3.05) is 13.2 Å². The van der Waals surface area contributed by atoms with E-state index in [4.69, 9.17) is 9.15 Å². The maximum absolute atomic E-state index is 11.4. The molecule has 0 aromatic carbocycles. The van der Waals surface area contributed by atoms with Crippen molar-refractivity contribution >= 4 is 17.3 Å². The number of rotatable bonds is 3. The minimum absolute atomic E-state index is 0.337. The van der Waals surface area contributed by atoms with Gasteiger partial charge in [-0.15, -0.1) is 0 Å². The Hall–Kier alpha value is -1.10. The molecule has 1 aromatic rings. The van der Waals surface area contributed by atoms with Gasteiger partial charge in [0, 0.05) is 6.54 Å². The van der Waals surface area contributed by atoms with Gasteiger partial charge in [0.25, 0.3) is 4.87 Å². The molecule has 0 radical (unpaired) electrons. The third kappa shape index (κ3) is 2.45. The molecule has 0 bridgehead atoms. The van der Waals surface area contributed by atoms with Crippen LogP contribution in [0.1, 0.15) is 29.3 Å². The summed E-state index contributed by atoms with van der Waals surface area (Å²) in [6, 6.07) is 0. The van der Waals surface area contributed by atoms with E-state index in [1.807, 2.05) is 6.92 Å². The molecule has 0 fully saturated rings. The van der Waals surface area contributed by atoms with Crippen LogP contribution in [-0.4, -0.2) is 19.1 Å². The van der Waals surface area contributed by atoms with Gasteiger partial charge >= 0.3 is 5.97 Å². The van der Waals surface area contributed by atoms with Gasteiger partial charge in [-0.25, -0.2) is 9.79 Å². The molecule has 78 valence electrons. The van der Waals surface area contributed by atoms with E-state index in [2.05, 4.69) is 4.99 Å². The first-order chi connectivity index (χ1) is 6.69. The minimum Gasteiger partial charge on any atom is -0.462 e. The molecule has 0 saturated heterocycles. The fourth-order valence-electron chi connectivity index (χ4n) is 0.933. The van der Waals surface area contributed by atoms with Crippen molar-refractivity contribution < 1.29 is 13.9 Å². The summed E-state index contributed by atoms with van der Waals surface area (Å²) in [6.45, 7) is 6.43. The van der Waals surface area contributed by atoms with Gasteiger partial charge < -0.3 is 9.15 Å². The van der Waals surface area contributed by atoms with Gasteiger partial charge in [0.05, 0.1) is 6.61 Å². The van der Waals surface area contributed by atoms with Gasteiger partial charge in [-0.05, 0) is 20.8 Å². The second-order valence-electron chi connectivity index (χ2n) is 2.55. The van der Waals surface area contributed by atoms with Crippen LogP contribution in [0.5, 0.6) is 0 Å². The summed E-state index contributed by atoms with van der Waals surface area (Å²) in [5.41, 5.74) is 0. The Morgan fingerprint density at radius 3 is 2.86 bits per heavy atom. The smallest absolute Gasteiger partial charge is 0.351 e. The molecule has 1 heterocycles. The molecule has 0 saturated carbocycles. The third-order valence-electron chi connectivity index (χ3n) is 1.50. The van der Waals surface area contributed by atoms with Crippen LogP contribution >= 0.6 is 11.3 Å². The fraction of sp³-hybridized carbons (Fsp3) is 0.556. The molecule has 0 amide bonds. The largest absolute Gasteiger partial charge is 0.462 e. The number of carbonyl (C=O) groups is 1. The number of nitrogens with zero attached hydrogens (tertiary/aromatic N) is 1. The van der Waals surface area contributed by atoms with Crippen molar-refractivity contribution in [1.82, 2.24) is 0 Å². The molecule has 4 nitrogen and oxygen atoms in total. The van der Waals surface area contributed by atoms with Crippen molar-refractivity contribution in [3.8, 4) is 0 Å². The predicted molar refractivity (Wildman–Crippen MR) is 53.4 cm³/mol. The maximum atomic E-state index is 11.4. The number of hydrogen-bond acceptors (Lipinski definition) is 5. The quantitative estimate of drug-likeness (QED) is 0.722. The first-order valence-electron chi connectivity index (χ1n) is 4.47. The average molecular weight is 215 g/mol. The van der Waals surface area contributed by atoms with E-state index < -0.39 is 0 Å². The lowest BCUT2D eigenvalue weighted by Crippen LogP contribution is -2.03. The average Bonchev–Trinajstić information content (AvgIpc) is 2.48. The first kappa shape index (κ1) is 11.0. The molecule has 0 aliphatic heterocycles. The summed E-state index contributed by atoms with van der Waals surface area (Å²) in [7, 11) is 0. The molecule has 0 spiro atoms. The highest BCUT2D eigenvalue weighted by Gasteiger charge is 2.14. The summed E-state index contributed by atoms with van der Waals surface area (Å²) in [6.07, 6.45) is 0. The van der Waals surface area contributed by atoms with E-state index in [0.717, 1.165) is 0 Å². The lowest BCUT2D eigenvalue weighted by Gasteiger charge is -1.96. The van der Waals surface area contributed by atoms with E-state index in [1.54, 1.807) is 13.8 Å². The predicted octanol–water partition coefficient (Wildman–Crippen LogP) is 1.75. The van der Waals surface area contributed by atoms with Gasteiger partial charge in [-0.2, -0.15) is 0 Å². The van der Waals surface area contributed by atoms with E-state index in [-0.39, 0.29) is 5.97 Å². The van der Waals surface area contributed by atoms with E-state index in [1.165, 1.54) is 11.3 Å². The molecule has 1 aromatic heterocycles. The normalized spacial score (nSPS) is 11.8. The van der Waals surface area contributed by atoms with Crippen LogP contribution in [0.2, 0.25) is 0 Å². The van der Waals surface area contributed by atoms with Crippen molar-refractivity contribution in [3.63, 3.8) is 0 Å². The lowest BCUT2D eigenvalue weighted by atomic mass is 10.4. The zero-order chi connectivity index (χ0) is 10.6. The lowest BCUT2D eigenvalue weighted by molar-refractivity contribution is 0.0529. The summed E-state index contributed by atoms with van der Waals surface area (Å²) < 4.78 is 10.1. The molecule has 0 aliphatic carbocycles. The summed E-state index contributed by atoms with van der Waals surface area (Å²) >= 11 is 1.22. The third-order valence-corrected chi connectivity index (χ3v) is 2.54. The zero-order valence-corrected chi connectivity index (χ0v) is 9.31. The van der Waals surface area contributed by atoms with Gasteiger partial charge in [0.2, 0.25) is 0 Å². The van der Waals surface area contributed by atoms with Gasteiger partial charge in [0.15, 0.2) is 4.88 Å². The standard InChI is InChI=1S/C9H13NO3S/c1-4-10-9-13-6(3)7(14-9)8(11)12-5-2/h4-5H2,1-3H3. The van der Waals surface area contributed by atoms with Crippen molar-refractivity contribution in [3.05, 3.63) is 15.5 Å². The number of carbonyl (C=O) groups excluding carboxylic acids is 1. The number of aryl methyl sites for hydroxylation is 1. The Labute approximate surface area is 86.2 Å². The van der Waals surface area contributed by atoms with E-state index in [9.17, 15) is 4.79 Å². The Morgan fingerprint density at radius 2 is 2.29 bits per heavy atom. The molecule has 0 aliphatic rings. The topological polar surface area (TPSA) is 51.8 Å². The Morgan fingerprint density at radius 1 is 1.57 bits per heavy atom. The van der Waals surface area contributed by atoms with Gasteiger partial charge in [-0.3, -0.25) is 0 Å². The van der Waals surface area contributed by atoms with Crippen LogP contribution in [0, 0.1) is 6.92 Å². The molecule has 0 N–H and O–H groups in total. The number of esters is 1. The molecule has 0 unspecified atom stereocenters. The number of ether oxygens (including phenoxy) is 1. The van der Waals surface area contributed by atoms with E-state index in [0.29, 0.717) is 28.7 Å². The summed E-state index contributed by atoms with van der Waals surface area (Å²) in [5, 5.41) is 0. The van der Waals surface area contributed by atoms with Crippen LogP contribution in [0.25, 0.3) is 0 Å². The molecular formula is C9H13NO3S. The zero-order valence-electron chi connectivity index (χ0n) is 8.49. The Kier molecular flexibility index (Phi) is 3.88. The first-order valence-corrected chi connectivity index (χ1v) is 5.28. The Balaban J connectivity index is 2.98. The van der Waals surface area contributed by atoms with E-state index >= 15 is 0 Å². The highest BCUT2D eigenvalue weighted by molar-refractivity contribution is 7.11. The second kappa shape index (κ2) is 4.95. The van der Waals surface area contributed by atoms with Crippen molar-refractivity contribution in [1.29, 1.82) is 0 Å². The van der Waals surface area contributed by atoms with Crippen LogP contribution in [0.3, 0.4) is 0 Å². The molecular weight excluding hydrogens is 202 g/mol. The van der Waals surface area contributed by atoms with Crippen molar-refractivity contribution in [2.45, 2.75) is 20.8 Å². The van der Waals surface area contributed by atoms with Crippen LogP contribution < -0.4 is 4.87 Å². The Bertz CT molecular complexity index is 378.